The summed E-state index contributed by atoms with van der Waals surface area (Å²) in [5, 5.41) is 2.93. The van der Waals surface area contributed by atoms with Crippen molar-refractivity contribution in [1.29, 1.82) is 0 Å². The molecule has 92 valence electrons. The van der Waals surface area contributed by atoms with Gasteiger partial charge < -0.3 is 5.32 Å². The largest absolute Gasteiger partial charge is 0.348 e. The molecule has 2 unspecified atom stereocenters. The maximum absolute atomic E-state index is 12.9. The van der Waals surface area contributed by atoms with Gasteiger partial charge in [-0.25, -0.2) is 4.98 Å². The zero-order chi connectivity index (χ0) is 12.3. The molecular weight excluding hydrogens is 287 g/mol. The average Bonchev–Trinajstić information content (AvgIpc) is 2.32. The van der Waals surface area contributed by atoms with Crippen LogP contribution in [0.2, 0.25) is 0 Å². The number of hydrogen-bond acceptors (Lipinski definition) is 2. The monoisotopic (exact) mass is 300 g/mol. The first-order valence-corrected chi connectivity index (χ1v) is 6.65. The van der Waals surface area contributed by atoms with Gasteiger partial charge in [-0.2, -0.15) is 4.39 Å². The third-order valence-corrected chi connectivity index (χ3v) is 4.08. The fourth-order valence-electron chi connectivity index (χ4n) is 2.04. The van der Waals surface area contributed by atoms with Gasteiger partial charge >= 0.3 is 0 Å². The van der Waals surface area contributed by atoms with E-state index >= 15 is 0 Å². The van der Waals surface area contributed by atoms with E-state index in [1.807, 2.05) is 0 Å². The van der Waals surface area contributed by atoms with E-state index in [2.05, 4.69) is 26.2 Å². The number of pyridine rings is 1. The van der Waals surface area contributed by atoms with Crippen molar-refractivity contribution >= 4 is 21.8 Å². The van der Waals surface area contributed by atoms with E-state index in [0.29, 0.717) is 10.4 Å². The van der Waals surface area contributed by atoms with Crippen molar-refractivity contribution in [3.63, 3.8) is 0 Å². The Labute approximate surface area is 108 Å². The lowest BCUT2D eigenvalue weighted by Crippen LogP contribution is -2.42. The molecule has 17 heavy (non-hydrogen) atoms. The summed E-state index contributed by atoms with van der Waals surface area (Å²) in [6, 6.07) is 2.80. The van der Waals surface area contributed by atoms with Crippen LogP contribution in [0.25, 0.3) is 0 Å². The van der Waals surface area contributed by atoms with Gasteiger partial charge in [0, 0.05) is 28.7 Å². The van der Waals surface area contributed by atoms with Crippen molar-refractivity contribution < 1.29 is 9.18 Å². The van der Waals surface area contributed by atoms with Crippen LogP contribution in [0.15, 0.2) is 18.3 Å². The van der Waals surface area contributed by atoms with Crippen molar-refractivity contribution in [3.8, 4) is 0 Å². The summed E-state index contributed by atoms with van der Waals surface area (Å²) in [6.45, 7) is 0. The SMILES string of the molecule is O=C(NC1CCCCC1Br)c1ccnc(F)c1. The number of carbonyl (C=O) groups is 1. The normalized spacial score (nSPS) is 24.4. The standard InChI is InChI=1S/C12H14BrFN2O/c13-9-3-1-2-4-10(9)16-12(17)8-5-6-15-11(14)7-8/h5-7,9-10H,1-4H2,(H,16,17). The Morgan fingerprint density at radius 1 is 1.47 bits per heavy atom. The minimum absolute atomic E-state index is 0.132. The zero-order valence-corrected chi connectivity index (χ0v) is 10.9. The maximum Gasteiger partial charge on any atom is 0.251 e. The van der Waals surface area contributed by atoms with Crippen LogP contribution in [0.4, 0.5) is 4.39 Å². The Balaban J connectivity index is 2.01. The average molecular weight is 301 g/mol. The number of alkyl halides is 1. The Morgan fingerprint density at radius 3 is 2.94 bits per heavy atom. The minimum Gasteiger partial charge on any atom is -0.348 e. The zero-order valence-electron chi connectivity index (χ0n) is 9.33. The van der Waals surface area contributed by atoms with Crippen LogP contribution in [-0.2, 0) is 0 Å². The van der Waals surface area contributed by atoms with Crippen LogP contribution in [0.5, 0.6) is 0 Å². The predicted octanol–water partition coefficient (Wildman–Crippen LogP) is 2.66. The van der Waals surface area contributed by atoms with Crippen molar-refractivity contribution in [2.24, 2.45) is 0 Å². The molecule has 1 N–H and O–H groups in total. The van der Waals surface area contributed by atoms with Crippen LogP contribution < -0.4 is 5.32 Å². The first kappa shape index (κ1) is 12.5. The summed E-state index contributed by atoms with van der Waals surface area (Å²) in [5.41, 5.74) is 0.322. The van der Waals surface area contributed by atoms with Gasteiger partial charge in [-0.1, -0.05) is 28.8 Å². The van der Waals surface area contributed by atoms with Crippen LogP contribution >= 0.6 is 15.9 Å². The lowest BCUT2D eigenvalue weighted by molar-refractivity contribution is 0.0929. The minimum atomic E-state index is -0.628. The Kier molecular flexibility index (Phi) is 4.10. The van der Waals surface area contributed by atoms with Crippen molar-refractivity contribution in [2.75, 3.05) is 0 Å². The molecule has 0 aromatic carbocycles. The Hall–Kier alpha value is -0.970. The van der Waals surface area contributed by atoms with Gasteiger partial charge in [0.25, 0.3) is 5.91 Å². The molecule has 1 aromatic rings. The van der Waals surface area contributed by atoms with Gasteiger partial charge in [0.1, 0.15) is 0 Å². The van der Waals surface area contributed by atoms with E-state index in [1.54, 1.807) is 0 Å². The van der Waals surface area contributed by atoms with E-state index in [4.69, 9.17) is 0 Å². The first-order chi connectivity index (χ1) is 8.16. The molecule has 0 radical (unpaired) electrons. The van der Waals surface area contributed by atoms with Gasteiger partial charge in [0.2, 0.25) is 5.95 Å². The molecule has 5 heteroatoms. The lowest BCUT2D eigenvalue weighted by atomic mass is 9.95. The fourth-order valence-corrected chi connectivity index (χ4v) is 2.76. The summed E-state index contributed by atoms with van der Waals surface area (Å²) in [4.78, 5) is 15.6. The third kappa shape index (κ3) is 3.25. The molecule has 1 aliphatic rings. The number of rotatable bonds is 2. The molecule has 1 fully saturated rings. The highest BCUT2D eigenvalue weighted by molar-refractivity contribution is 9.09. The Morgan fingerprint density at radius 2 is 2.24 bits per heavy atom. The highest BCUT2D eigenvalue weighted by atomic mass is 79.9. The second kappa shape index (κ2) is 5.58. The number of halogens is 2. The summed E-state index contributed by atoms with van der Waals surface area (Å²) in [7, 11) is 0. The fraction of sp³-hybridized carbons (Fsp3) is 0.500. The van der Waals surface area contributed by atoms with E-state index in [1.165, 1.54) is 18.7 Å². The summed E-state index contributed by atoms with van der Waals surface area (Å²) < 4.78 is 12.9. The summed E-state index contributed by atoms with van der Waals surface area (Å²) in [5.74, 6) is -0.862. The Bertz CT molecular complexity index is 413. The number of hydrogen-bond donors (Lipinski definition) is 1. The number of nitrogens with one attached hydrogen (secondary N) is 1. The molecular formula is C12H14BrFN2O. The molecule has 0 aliphatic heterocycles. The van der Waals surface area contributed by atoms with Crippen LogP contribution in [0.3, 0.4) is 0 Å². The lowest BCUT2D eigenvalue weighted by Gasteiger charge is -2.28. The topological polar surface area (TPSA) is 42.0 Å². The van der Waals surface area contributed by atoms with Gasteiger partial charge in [0.15, 0.2) is 0 Å². The second-order valence-corrected chi connectivity index (χ2v) is 5.42. The molecule has 1 aliphatic carbocycles. The van der Waals surface area contributed by atoms with E-state index in [9.17, 15) is 9.18 Å². The molecule has 1 saturated carbocycles. The molecule has 1 aromatic heterocycles. The number of amides is 1. The highest BCUT2D eigenvalue weighted by Crippen LogP contribution is 2.24. The molecule has 3 nitrogen and oxygen atoms in total. The smallest absolute Gasteiger partial charge is 0.251 e. The molecule has 1 amide bonds. The highest BCUT2D eigenvalue weighted by Gasteiger charge is 2.24. The number of nitrogens with zero attached hydrogens (tertiary/aromatic N) is 1. The summed E-state index contributed by atoms with van der Waals surface area (Å²) >= 11 is 3.57. The predicted molar refractivity (Wildman–Crippen MR) is 66.6 cm³/mol. The molecule has 0 spiro atoms. The molecule has 1 heterocycles. The van der Waals surface area contributed by atoms with Gasteiger partial charge in [0.05, 0.1) is 0 Å². The van der Waals surface area contributed by atoms with Gasteiger partial charge in [-0.15, -0.1) is 0 Å². The van der Waals surface area contributed by atoms with Crippen LogP contribution in [0, 0.1) is 5.95 Å². The van der Waals surface area contributed by atoms with E-state index in [-0.39, 0.29) is 11.9 Å². The van der Waals surface area contributed by atoms with Gasteiger partial charge in [-0.05, 0) is 18.9 Å². The molecule has 2 atom stereocenters. The molecule has 0 saturated heterocycles. The number of carbonyl (C=O) groups excluding carboxylic acids is 1. The molecule has 2 rings (SSSR count). The third-order valence-electron chi connectivity index (χ3n) is 2.99. The van der Waals surface area contributed by atoms with Crippen LogP contribution in [0.1, 0.15) is 36.0 Å². The maximum atomic E-state index is 12.9. The first-order valence-electron chi connectivity index (χ1n) is 5.73. The van der Waals surface area contributed by atoms with Crippen LogP contribution in [-0.4, -0.2) is 21.8 Å². The number of aromatic nitrogens is 1. The summed E-state index contributed by atoms with van der Waals surface area (Å²) in [6.07, 6.45) is 5.64. The van der Waals surface area contributed by atoms with Crippen molar-refractivity contribution in [2.45, 2.75) is 36.6 Å². The quantitative estimate of drug-likeness (QED) is 0.674. The van der Waals surface area contributed by atoms with E-state index in [0.717, 1.165) is 25.3 Å². The second-order valence-electron chi connectivity index (χ2n) is 4.25. The molecule has 0 bridgehead atoms. The van der Waals surface area contributed by atoms with E-state index < -0.39 is 5.95 Å². The van der Waals surface area contributed by atoms with Crippen molar-refractivity contribution in [3.05, 3.63) is 29.8 Å². The van der Waals surface area contributed by atoms with Gasteiger partial charge in [-0.3, -0.25) is 4.79 Å². The van der Waals surface area contributed by atoms with Crippen molar-refractivity contribution in [1.82, 2.24) is 10.3 Å².